The maximum absolute atomic E-state index is 11.6. The maximum Gasteiger partial charge on any atom is 0.346 e. The Labute approximate surface area is 237 Å². The molecule has 3 N–H and O–H groups in total. The summed E-state index contributed by atoms with van der Waals surface area (Å²) in [5, 5.41) is 28.4. The van der Waals surface area contributed by atoms with Gasteiger partial charge in [-0.05, 0) is 79.4 Å². The highest BCUT2D eigenvalue weighted by Crippen LogP contribution is 2.48. The molecule has 0 radical (unpaired) electrons. The van der Waals surface area contributed by atoms with Crippen LogP contribution < -0.4 is 0 Å². The van der Waals surface area contributed by atoms with Gasteiger partial charge in [0.15, 0.2) is 0 Å². The SMILES string of the molecule is Cc1cc(-c2cc(C)c(-c3ccc(-c4sc(-c5cc(C)c(C(=O)O)s5)cc4CC(=O)O)s3)s2)sc1C(=O)O. The minimum atomic E-state index is -0.966. The second-order valence-corrected chi connectivity index (χ2v) is 14.0. The molecule has 11 heteroatoms. The van der Waals surface area contributed by atoms with Crippen LogP contribution in [0.15, 0.2) is 36.4 Å². The minimum absolute atomic E-state index is 0.124. The summed E-state index contributed by atoms with van der Waals surface area (Å²) in [5.74, 6) is -2.81. The molecule has 5 aromatic rings. The largest absolute Gasteiger partial charge is 0.481 e. The van der Waals surface area contributed by atoms with Crippen LogP contribution in [0, 0.1) is 20.8 Å². The van der Waals surface area contributed by atoms with Crippen molar-refractivity contribution in [2.24, 2.45) is 0 Å². The average Bonchev–Trinajstić information content (AvgIpc) is 3.63. The van der Waals surface area contributed by atoms with Gasteiger partial charge >= 0.3 is 17.9 Å². The van der Waals surface area contributed by atoms with Crippen molar-refractivity contribution in [3.63, 3.8) is 0 Å². The number of carbonyl (C=O) groups is 3. The number of rotatable bonds is 8. The summed E-state index contributed by atoms with van der Waals surface area (Å²) in [7, 11) is 0. The van der Waals surface area contributed by atoms with E-state index in [-0.39, 0.29) is 11.3 Å². The fraction of sp³-hybridized carbons (Fsp3) is 0.148. The molecule has 0 saturated heterocycles. The molecule has 0 spiro atoms. The Morgan fingerprint density at radius 2 is 1.03 bits per heavy atom. The molecule has 194 valence electrons. The predicted octanol–water partition coefficient (Wildman–Crippen LogP) is 8.61. The van der Waals surface area contributed by atoms with Crippen LogP contribution in [0.1, 0.15) is 41.6 Å². The van der Waals surface area contributed by atoms with E-state index in [1.165, 1.54) is 34.0 Å². The van der Waals surface area contributed by atoms with Crippen molar-refractivity contribution < 1.29 is 29.7 Å². The molecular weight excluding hydrogens is 581 g/mol. The molecule has 0 unspecified atom stereocenters. The molecule has 0 fully saturated rings. The summed E-state index contributed by atoms with van der Waals surface area (Å²) in [6.45, 7) is 5.60. The highest BCUT2D eigenvalue weighted by atomic mass is 32.1. The van der Waals surface area contributed by atoms with Crippen LogP contribution in [0.5, 0.6) is 0 Å². The van der Waals surface area contributed by atoms with E-state index in [0.29, 0.717) is 16.0 Å². The molecule has 0 aliphatic rings. The van der Waals surface area contributed by atoms with Gasteiger partial charge in [0.05, 0.1) is 6.42 Å². The first-order chi connectivity index (χ1) is 18.0. The Kier molecular flexibility index (Phi) is 7.14. The molecule has 5 rings (SSSR count). The van der Waals surface area contributed by atoms with Crippen LogP contribution >= 0.6 is 56.7 Å². The van der Waals surface area contributed by atoms with Crippen LogP contribution in [0.2, 0.25) is 0 Å². The van der Waals surface area contributed by atoms with Gasteiger partial charge in [0.25, 0.3) is 0 Å². The van der Waals surface area contributed by atoms with Crippen LogP contribution in [-0.2, 0) is 11.2 Å². The third-order valence-corrected chi connectivity index (χ3v) is 12.5. The van der Waals surface area contributed by atoms with Gasteiger partial charge in [0.1, 0.15) is 9.75 Å². The van der Waals surface area contributed by atoms with Crippen molar-refractivity contribution >= 4 is 74.6 Å². The number of aliphatic carboxylic acids is 1. The normalized spacial score (nSPS) is 11.2. The molecule has 0 saturated carbocycles. The molecule has 5 heterocycles. The van der Waals surface area contributed by atoms with E-state index in [4.69, 9.17) is 0 Å². The highest BCUT2D eigenvalue weighted by molar-refractivity contribution is 7.30. The van der Waals surface area contributed by atoms with Gasteiger partial charge in [0, 0.05) is 39.0 Å². The molecule has 38 heavy (non-hydrogen) atoms. The lowest BCUT2D eigenvalue weighted by Crippen LogP contribution is -1.99. The Morgan fingerprint density at radius 1 is 0.579 bits per heavy atom. The maximum atomic E-state index is 11.6. The van der Waals surface area contributed by atoms with Gasteiger partial charge in [-0.2, -0.15) is 0 Å². The Balaban J connectivity index is 1.52. The smallest absolute Gasteiger partial charge is 0.346 e. The van der Waals surface area contributed by atoms with E-state index in [9.17, 15) is 29.7 Å². The second-order valence-electron chi connectivity index (χ2n) is 8.68. The van der Waals surface area contributed by atoms with Crippen molar-refractivity contribution in [3.8, 4) is 39.0 Å². The summed E-state index contributed by atoms with van der Waals surface area (Å²) in [6.07, 6.45) is -0.124. The molecule has 0 aromatic carbocycles. The van der Waals surface area contributed by atoms with Gasteiger partial charge in [-0.15, -0.1) is 56.7 Å². The third kappa shape index (κ3) is 4.99. The number of thiophene rings is 5. The van der Waals surface area contributed by atoms with E-state index < -0.39 is 17.9 Å². The van der Waals surface area contributed by atoms with Crippen LogP contribution in [-0.4, -0.2) is 33.2 Å². The van der Waals surface area contributed by atoms with Crippen LogP contribution in [0.3, 0.4) is 0 Å². The summed E-state index contributed by atoms with van der Waals surface area (Å²) in [6, 6.07) is 11.7. The van der Waals surface area contributed by atoms with E-state index in [1.54, 1.807) is 36.5 Å². The van der Waals surface area contributed by atoms with Crippen molar-refractivity contribution in [1.29, 1.82) is 0 Å². The molecule has 0 atom stereocenters. The summed E-state index contributed by atoms with van der Waals surface area (Å²) < 4.78 is 0. The standard InChI is InChI=1S/C27H20O6S5/c1-11-6-17(18-7-12(2)23(36-18)26(30)31)35-22(11)15-4-5-16(34-15)25-14(10-21(28)29)9-20(38-25)19-8-13(3)24(37-19)27(32)33/h4-9H,10H2,1-3H3,(H,28,29)(H,30,31)(H,32,33). The fourth-order valence-corrected chi connectivity index (χ4v) is 9.96. The van der Waals surface area contributed by atoms with E-state index >= 15 is 0 Å². The monoisotopic (exact) mass is 600 g/mol. The van der Waals surface area contributed by atoms with Gasteiger partial charge in [-0.25, -0.2) is 9.59 Å². The zero-order chi connectivity index (χ0) is 27.3. The Morgan fingerprint density at radius 3 is 1.53 bits per heavy atom. The number of aryl methyl sites for hydroxylation is 3. The van der Waals surface area contributed by atoms with Crippen molar-refractivity contribution in [3.05, 3.63) is 68.4 Å². The van der Waals surface area contributed by atoms with Crippen molar-refractivity contribution in [2.45, 2.75) is 27.2 Å². The van der Waals surface area contributed by atoms with E-state index in [1.807, 2.05) is 37.3 Å². The first-order valence-electron chi connectivity index (χ1n) is 11.3. The topological polar surface area (TPSA) is 112 Å². The third-order valence-electron chi connectivity index (χ3n) is 5.83. The molecule has 5 aromatic heterocycles. The molecule has 6 nitrogen and oxygen atoms in total. The zero-order valence-corrected chi connectivity index (χ0v) is 24.4. The first kappa shape index (κ1) is 26.5. The summed E-state index contributed by atoms with van der Waals surface area (Å²) in [5.41, 5.74) is 3.23. The summed E-state index contributed by atoms with van der Waals surface area (Å²) in [4.78, 5) is 42.8. The van der Waals surface area contributed by atoms with Crippen molar-refractivity contribution in [2.75, 3.05) is 0 Å². The predicted molar refractivity (Wildman–Crippen MR) is 157 cm³/mol. The highest BCUT2D eigenvalue weighted by Gasteiger charge is 2.21. The molecule has 0 aliphatic carbocycles. The number of carboxylic acids is 3. The number of carboxylic acid groups (broad SMARTS) is 3. The lowest BCUT2D eigenvalue weighted by atomic mass is 10.1. The number of hydrogen-bond acceptors (Lipinski definition) is 8. The molecule has 0 aliphatic heterocycles. The fourth-order valence-electron chi connectivity index (χ4n) is 4.11. The summed E-state index contributed by atoms with van der Waals surface area (Å²) >= 11 is 7.15. The van der Waals surface area contributed by atoms with Crippen LogP contribution in [0.4, 0.5) is 0 Å². The molecular formula is C27H20O6S5. The van der Waals surface area contributed by atoms with E-state index in [0.717, 1.165) is 50.1 Å². The van der Waals surface area contributed by atoms with Crippen molar-refractivity contribution in [1.82, 2.24) is 0 Å². The van der Waals surface area contributed by atoms with Gasteiger partial charge in [-0.3, -0.25) is 4.79 Å². The second kappa shape index (κ2) is 10.2. The minimum Gasteiger partial charge on any atom is -0.481 e. The Hall–Kier alpha value is -3.09. The number of aromatic carboxylic acids is 2. The van der Waals surface area contributed by atoms with Gasteiger partial charge in [-0.1, -0.05) is 0 Å². The van der Waals surface area contributed by atoms with E-state index in [2.05, 4.69) is 6.07 Å². The van der Waals surface area contributed by atoms with Crippen LogP contribution in [0.25, 0.3) is 39.0 Å². The molecule has 0 amide bonds. The quantitative estimate of drug-likeness (QED) is 0.164. The zero-order valence-electron chi connectivity index (χ0n) is 20.3. The van der Waals surface area contributed by atoms with Gasteiger partial charge in [0.2, 0.25) is 0 Å². The average molecular weight is 601 g/mol. The lowest BCUT2D eigenvalue weighted by molar-refractivity contribution is -0.136. The Bertz CT molecular complexity index is 1720. The lowest BCUT2D eigenvalue weighted by Gasteiger charge is -1.98. The molecule has 0 bridgehead atoms. The first-order valence-corrected chi connectivity index (χ1v) is 15.3. The number of hydrogen-bond donors (Lipinski definition) is 3. The van der Waals surface area contributed by atoms with Gasteiger partial charge < -0.3 is 15.3 Å².